The van der Waals surface area contributed by atoms with Gasteiger partial charge in [-0.2, -0.15) is 13.2 Å². The maximum Gasteiger partial charge on any atom is 0.416 e. The van der Waals surface area contributed by atoms with Crippen LogP contribution in [-0.4, -0.2) is 55.5 Å². The Morgan fingerprint density at radius 3 is 2.30 bits per heavy atom. The first-order valence-electron chi connectivity index (χ1n) is 8.63. The standard InChI is InChI=1S/C18H26F3N3O.2ClH/c1-14(12-22-2)17(25)24-9-3-8-23(10-11-24)13-15-4-6-16(7-5-15)18(19,20)21;;/h4-7,14,22H,3,8-13H2,1-2H3;2*1H. The van der Waals surface area contributed by atoms with E-state index >= 15 is 0 Å². The maximum atomic E-state index is 12.6. The summed E-state index contributed by atoms with van der Waals surface area (Å²) in [5, 5.41) is 3.02. The Morgan fingerprint density at radius 1 is 1.11 bits per heavy atom. The van der Waals surface area contributed by atoms with E-state index in [1.165, 1.54) is 12.1 Å². The fourth-order valence-corrected chi connectivity index (χ4v) is 3.11. The van der Waals surface area contributed by atoms with Gasteiger partial charge in [0, 0.05) is 45.2 Å². The first-order chi connectivity index (χ1) is 11.8. The third-order valence-electron chi connectivity index (χ3n) is 4.52. The largest absolute Gasteiger partial charge is 0.416 e. The second-order valence-corrected chi connectivity index (χ2v) is 6.61. The molecule has 9 heteroatoms. The monoisotopic (exact) mass is 429 g/mol. The van der Waals surface area contributed by atoms with Gasteiger partial charge in [-0.1, -0.05) is 19.1 Å². The number of amides is 1. The van der Waals surface area contributed by atoms with Gasteiger partial charge >= 0.3 is 6.18 Å². The van der Waals surface area contributed by atoms with Crippen molar-refractivity contribution in [2.45, 2.75) is 26.1 Å². The normalized spacial score (nSPS) is 16.7. The summed E-state index contributed by atoms with van der Waals surface area (Å²) in [7, 11) is 1.83. The van der Waals surface area contributed by atoms with E-state index in [1.54, 1.807) is 0 Å². The number of carbonyl (C=O) groups excluding carboxylic acids is 1. The predicted molar refractivity (Wildman–Crippen MR) is 106 cm³/mol. The lowest BCUT2D eigenvalue weighted by molar-refractivity contribution is -0.137. The lowest BCUT2D eigenvalue weighted by Crippen LogP contribution is -2.40. The molecule has 1 unspecified atom stereocenters. The smallest absolute Gasteiger partial charge is 0.341 e. The molecule has 1 aliphatic heterocycles. The molecule has 1 amide bonds. The summed E-state index contributed by atoms with van der Waals surface area (Å²) in [5.74, 6) is 0.109. The summed E-state index contributed by atoms with van der Waals surface area (Å²) in [4.78, 5) is 16.5. The molecule has 1 fully saturated rings. The number of carbonyl (C=O) groups is 1. The minimum atomic E-state index is -4.30. The SMILES string of the molecule is CNCC(C)C(=O)N1CCCN(Cc2ccc(C(F)(F)F)cc2)CC1.Cl.Cl. The second kappa shape index (κ2) is 11.7. The summed E-state index contributed by atoms with van der Waals surface area (Å²) in [6.45, 7) is 6.15. The molecular formula is C18H28Cl2F3N3O. The minimum Gasteiger partial charge on any atom is -0.341 e. The zero-order valence-corrected chi connectivity index (χ0v) is 17.2. The minimum absolute atomic E-state index is 0. The maximum absolute atomic E-state index is 12.6. The zero-order valence-electron chi connectivity index (χ0n) is 15.6. The van der Waals surface area contributed by atoms with Gasteiger partial charge in [-0.05, 0) is 31.2 Å². The van der Waals surface area contributed by atoms with E-state index in [1.807, 2.05) is 18.9 Å². The van der Waals surface area contributed by atoms with Gasteiger partial charge in [-0.15, -0.1) is 24.8 Å². The van der Waals surface area contributed by atoms with Crippen LogP contribution in [0.25, 0.3) is 0 Å². The molecule has 1 aromatic rings. The van der Waals surface area contributed by atoms with Crippen LogP contribution < -0.4 is 5.32 Å². The molecule has 27 heavy (non-hydrogen) atoms. The Hall–Kier alpha value is -1.02. The first kappa shape index (κ1) is 26.0. The van der Waals surface area contributed by atoms with E-state index in [-0.39, 0.29) is 36.6 Å². The van der Waals surface area contributed by atoms with Crippen molar-refractivity contribution in [2.24, 2.45) is 5.92 Å². The van der Waals surface area contributed by atoms with Crippen molar-refractivity contribution >= 4 is 30.7 Å². The summed E-state index contributed by atoms with van der Waals surface area (Å²) < 4.78 is 37.9. The Bertz CT molecular complexity index is 570. The average molecular weight is 430 g/mol. The zero-order chi connectivity index (χ0) is 18.4. The van der Waals surface area contributed by atoms with E-state index in [4.69, 9.17) is 0 Å². The third kappa shape index (κ3) is 7.86. The van der Waals surface area contributed by atoms with Gasteiger partial charge in [0.25, 0.3) is 0 Å². The fourth-order valence-electron chi connectivity index (χ4n) is 3.11. The van der Waals surface area contributed by atoms with Gasteiger partial charge in [0.05, 0.1) is 5.56 Å². The van der Waals surface area contributed by atoms with Gasteiger partial charge in [-0.25, -0.2) is 0 Å². The van der Waals surface area contributed by atoms with Gasteiger partial charge in [-0.3, -0.25) is 9.69 Å². The molecule has 0 aromatic heterocycles. The van der Waals surface area contributed by atoms with Gasteiger partial charge in [0.1, 0.15) is 0 Å². The van der Waals surface area contributed by atoms with E-state index in [0.29, 0.717) is 19.6 Å². The van der Waals surface area contributed by atoms with Crippen LogP contribution in [-0.2, 0) is 17.5 Å². The molecule has 1 aromatic carbocycles. The van der Waals surface area contributed by atoms with Crippen molar-refractivity contribution in [2.75, 3.05) is 39.8 Å². The molecule has 0 bridgehead atoms. The average Bonchev–Trinajstić information content (AvgIpc) is 2.79. The van der Waals surface area contributed by atoms with Crippen LogP contribution in [0.1, 0.15) is 24.5 Å². The van der Waals surface area contributed by atoms with Crippen LogP contribution in [0.3, 0.4) is 0 Å². The van der Waals surface area contributed by atoms with Crippen LogP contribution in [0.15, 0.2) is 24.3 Å². The third-order valence-corrected chi connectivity index (χ3v) is 4.52. The molecule has 0 saturated carbocycles. The molecule has 2 rings (SSSR count). The van der Waals surface area contributed by atoms with Crippen LogP contribution in [0.4, 0.5) is 13.2 Å². The molecule has 1 N–H and O–H groups in total. The van der Waals surface area contributed by atoms with Gasteiger partial charge < -0.3 is 10.2 Å². The number of hydrogen-bond donors (Lipinski definition) is 1. The molecule has 1 saturated heterocycles. The summed E-state index contributed by atoms with van der Waals surface area (Å²) in [6, 6.07) is 5.32. The number of halogens is 5. The molecule has 4 nitrogen and oxygen atoms in total. The second-order valence-electron chi connectivity index (χ2n) is 6.61. The number of rotatable bonds is 5. The van der Waals surface area contributed by atoms with Crippen LogP contribution >= 0.6 is 24.8 Å². The summed E-state index contributed by atoms with van der Waals surface area (Å²) >= 11 is 0. The summed E-state index contributed by atoms with van der Waals surface area (Å²) in [6.07, 6.45) is -3.43. The number of alkyl halides is 3. The number of benzene rings is 1. The summed E-state index contributed by atoms with van der Waals surface area (Å²) in [5.41, 5.74) is 0.235. The highest BCUT2D eigenvalue weighted by Crippen LogP contribution is 2.29. The van der Waals surface area contributed by atoms with Crippen molar-refractivity contribution in [3.63, 3.8) is 0 Å². The van der Waals surface area contributed by atoms with Gasteiger partial charge in [0.15, 0.2) is 0 Å². The Kier molecular flexibility index (Phi) is 11.3. The van der Waals surface area contributed by atoms with E-state index in [2.05, 4.69) is 10.2 Å². The Morgan fingerprint density at radius 2 is 1.74 bits per heavy atom. The van der Waals surface area contributed by atoms with Crippen molar-refractivity contribution < 1.29 is 18.0 Å². The molecule has 0 aliphatic carbocycles. The van der Waals surface area contributed by atoms with Crippen molar-refractivity contribution in [1.82, 2.24) is 15.1 Å². The molecule has 1 aliphatic rings. The van der Waals surface area contributed by atoms with Crippen LogP contribution in [0.2, 0.25) is 0 Å². The Labute approximate surface area is 171 Å². The van der Waals surface area contributed by atoms with E-state index < -0.39 is 11.7 Å². The lowest BCUT2D eigenvalue weighted by atomic mass is 10.1. The van der Waals surface area contributed by atoms with Gasteiger partial charge in [0.2, 0.25) is 5.91 Å². The highest BCUT2D eigenvalue weighted by atomic mass is 35.5. The number of nitrogens with one attached hydrogen (secondary N) is 1. The van der Waals surface area contributed by atoms with Crippen molar-refractivity contribution in [1.29, 1.82) is 0 Å². The molecule has 0 radical (unpaired) electrons. The molecule has 156 valence electrons. The van der Waals surface area contributed by atoms with Crippen LogP contribution in [0.5, 0.6) is 0 Å². The van der Waals surface area contributed by atoms with Crippen molar-refractivity contribution in [3.8, 4) is 0 Å². The Balaban J connectivity index is 0.00000338. The first-order valence-corrected chi connectivity index (χ1v) is 8.63. The number of hydrogen-bond acceptors (Lipinski definition) is 3. The highest BCUT2D eigenvalue weighted by molar-refractivity contribution is 5.85. The van der Waals surface area contributed by atoms with Crippen LogP contribution in [0, 0.1) is 5.92 Å². The quantitative estimate of drug-likeness (QED) is 0.778. The van der Waals surface area contributed by atoms with E-state index in [0.717, 1.165) is 43.8 Å². The number of nitrogens with zero attached hydrogens (tertiary/aromatic N) is 2. The van der Waals surface area contributed by atoms with Crippen molar-refractivity contribution in [3.05, 3.63) is 35.4 Å². The predicted octanol–water partition coefficient (Wildman–Crippen LogP) is 3.44. The van der Waals surface area contributed by atoms with E-state index in [9.17, 15) is 18.0 Å². The fraction of sp³-hybridized carbons (Fsp3) is 0.611. The molecule has 0 spiro atoms. The highest BCUT2D eigenvalue weighted by Gasteiger charge is 2.30. The molecule has 1 atom stereocenters. The topological polar surface area (TPSA) is 35.6 Å². The molecular weight excluding hydrogens is 402 g/mol. The molecule has 1 heterocycles. The lowest BCUT2D eigenvalue weighted by Gasteiger charge is -2.24.